The maximum absolute atomic E-state index is 11.4. The van der Waals surface area contributed by atoms with Gasteiger partial charge in [0.1, 0.15) is 0 Å². The number of sulfone groups is 1. The molecule has 0 amide bonds. The predicted octanol–water partition coefficient (Wildman–Crippen LogP) is 1.37. The molecule has 0 heterocycles. The Bertz CT molecular complexity index is 403. The smallest absolute Gasteiger partial charge is 0.179 e. The summed E-state index contributed by atoms with van der Waals surface area (Å²) in [5, 5.41) is 8.26. The van der Waals surface area contributed by atoms with Gasteiger partial charge in [0.2, 0.25) is 0 Å². The van der Waals surface area contributed by atoms with Gasteiger partial charge in [0.05, 0.1) is 16.7 Å². The topological polar surface area (TPSA) is 57.9 Å². The summed E-state index contributed by atoms with van der Waals surface area (Å²) in [6.45, 7) is 0. The summed E-state index contributed by atoms with van der Waals surface area (Å²) in [6.07, 6.45) is 0.0389. The minimum absolute atomic E-state index is 0.0389. The number of benzene rings is 1. The molecule has 0 bridgehead atoms. The van der Waals surface area contributed by atoms with Gasteiger partial charge in [-0.25, -0.2) is 8.42 Å². The van der Waals surface area contributed by atoms with Gasteiger partial charge in [0, 0.05) is 6.42 Å². The van der Waals surface area contributed by atoms with Crippen molar-refractivity contribution in [3.05, 3.63) is 30.3 Å². The van der Waals surface area contributed by atoms with Crippen molar-refractivity contribution in [2.24, 2.45) is 0 Å². The molecular weight excluding hydrogens is 186 g/mol. The average molecular weight is 195 g/mol. The summed E-state index contributed by atoms with van der Waals surface area (Å²) in [6, 6.07) is 9.97. The third kappa shape index (κ3) is 2.56. The van der Waals surface area contributed by atoms with Crippen LogP contribution in [0, 0.1) is 11.3 Å². The van der Waals surface area contributed by atoms with Gasteiger partial charge in [-0.2, -0.15) is 5.26 Å². The molecule has 0 aliphatic heterocycles. The van der Waals surface area contributed by atoms with E-state index < -0.39 is 9.84 Å². The van der Waals surface area contributed by atoms with E-state index in [0.29, 0.717) is 0 Å². The van der Waals surface area contributed by atoms with E-state index in [2.05, 4.69) is 0 Å². The van der Waals surface area contributed by atoms with Crippen LogP contribution < -0.4 is 0 Å². The average Bonchev–Trinajstić information content (AvgIpc) is 2.16. The van der Waals surface area contributed by atoms with Gasteiger partial charge in [-0.05, 0) is 12.1 Å². The first-order valence-electron chi connectivity index (χ1n) is 3.81. The summed E-state index contributed by atoms with van der Waals surface area (Å²) in [4.78, 5) is 0.283. The summed E-state index contributed by atoms with van der Waals surface area (Å²) in [5.74, 6) is -0.104. The minimum Gasteiger partial charge on any atom is -0.224 e. The molecule has 0 unspecified atom stereocenters. The van der Waals surface area contributed by atoms with Gasteiger partial charge in [-0.15, -0.1) is 0 Å². The van der Waals surface area contributed by atoms with Crippen molar-refractivity contribution in [1.82, 2.24) is 0 Å². The minimum atomic E-state index is -3.24. The van der Waals surface area contributed by atoms with Gasteiger partial charge in [0.25, 0.3) is 0 Å². The Morgan fingerprint density at radius 1 is 1.23 bits per heavy atom. The Morgan fingerprint density at radius 3 is 2.38 bits per heavy atom. The van der Waals surface area contributed by atoms with E-state index in [4.69, 9.17) is 5.26 Å². The Labute approximate surface area is 77.5 Å². The van der Waals surface area contributed by atoms with E-state index in [1.807, 2.05) is 6.07 Å². The quantitative estimate of drug-likeness (QED) is 0.732. The van der Waals surface area contributed by atoms with Crippen molar-refractivity contribution in [3.8, 4) is 6.07 Å². The first-order chi connectivity index (χ1) is 6.17. The number of hydrogen-bond acceptors (Lipinski definition) is 3. The highest BCUT2D eigenvalue weighted by atomic mass is 32.2. The summed E-state index contributed by atoms with van der Waals surface area (Å²) in [7, 11) is -3.24. The van der Waals surface area contributed by atoms with Crippen LogP contribution in [0.4, 0.5) is 0 Å². The molecule has 3 nitrogen and oxygen atoms in total. The highest BCUT2D eigenvalue weighted by Gasteiger charge is 2.12. The highest BCUT2D eigenvalue weighted by molar-refractivity contribution is 7.91. The molecule has 0 aliphatic rings. The van der Waals surface area contributed by atoms with Gasteiger partial charge in [0.15, 0.2) is 9.84 Å². The first-order valence-corrected chi connectivity index (χ1v) is 5.47. The van der Waals surface area contributed by atoms with Crippen LogP contribution in [0.3, 0.4) is 0 Å². The fourth-order valence-corrected chi connectivity index (χ4v) is 2.09. The molecule has 0 fully saturated rings. The molecule has 13 heavy (non-hydrogen) atoms. The second-order valence-electron chi connectivity index (χ2n) is 2.54. The Morgan fingerprint density at radius 2 is 1.85 bits per heavy atom. The zero-order valence-corrected chi connectivity index (χ0v) is 7.79. The standard InChI is InChI=1S/C9H9NO2S/c10-7-4-8-13(11,12)9-5-2-1-3-6-9/h1-3,5-6H,4,8H2. The molecule has 0 atom stereocenters. The van der Waals surface area contributed by atoms with Crippen molar-refractivity contribution in [2.45, 2.75) is 11.3 Å². The highest BCUT2D eigenvalue weighted by Crippen LogP contribution is 2.10. The van der Waals surface area contributed by atoms with Crippen LogP contribution in [-0.2, 0) is 9.84 Å². The van der Waals surface area contributed by atoms with Gasteiger partial charge in [-0.1, -0.05) is 18.2 Å². The molecular formula is C9H9NO2S. The van der Waals surface area contributed by atoms with Crippen molar-refractivity contribution < 1.29 is 8.42 Å². The van der Waals surface area contributed by atoms with Gasteiger partial charge < -0.3 is 0 Å². The van der Waals surface area contributed by atoms with E-state index in [9.17, 15) is 8.42 Å². The van der Waals surface area contributed by atoms with Gasteiger partial charge >= 0.3 is 0 Å². The lowest BCUT2D eigenvalue weighted by Gasteiger charge is -1.99. The molecule has 0 aromatic heterocycles. The number of rotatable bonds is 3. The van der Waals surface area contributed by atoms with E-state index in [0.717, 1.165) is 0 Å². The number of nitriles is 1. The van der Waals surface area contributed by atoms with Crippen LogP contribution in [0.5, 0.6) is 0 Å². The van der Waals surface area contributed by atoms with Crippen LogP contribution in [0.25, 0.3) is 0 Å². The van der Waals surface area contributed by atoms with Crippen molar-refractivity contribution >= 4 is 9.84 Å². The lowest BCUT2D eigenvalue weighted by atomic mass is 10.4. The van der Waals surface area contributed by atoms with E-state index in [1.54, 1.807) is 18.2 Å². The molecule has 1 rings (SSSR count). The molecule has 0 saturated heterocycles. The summed E-state index contributed by atoms with van der Waals surface area (Å²) >= 11 is 0. The third-order valence-electron chi connectivity index (χ3n) is 1.58. The lowest BCUT2D eigenvalue weighted by Crippen LogP contribution is -2.05. The zero-order chi connectivity index (χ0) is 9.73. The Hall–Kier alpha value is -1.34. The predicted molar refractivity (Wildman–Crippen MR) is 48.7 cm³/mol. The van der Waals surface area contributed by atoms with Crippen molar-refractivity contribution in [2.75, 3.05) is 5.75 Å². The monoisotopic (exact) mass is 195 g/mol. The second kappa shape index (κ2) is 4.06. The summed E-state index contributed by atoms with van der Waals surface area (Å²) in [5.41, 5.74) is 0. The van der Waals surface area contributed by atoms with Crippen LogP contribution in [0.15, 0.2) is 35.2 Å². The van der Waals surface area contributed by atoms with Crippen LogP contribution in [0.2, 0.25) is 0 Å². The molecule has 0 radical (unpaired) electrons. The van der Waals surface area contributed by atoms with E-state index in [-0.39, 0.29) is 17.1 Å². The molecule has 0 saturated carbocycles. The molecule has 4 heteroatoms. The van der Waals surface area contributed by atoms with Crippen molar-refractivity contribution in [3.63, 3.8) is 0 Å². The van der Waals surface area contributed by atoms with Gasteiger partial charge in [-0.3, -0.25) is 0 Å². The number of hydrogen-bond donors (Lipinski definition) is 0. The lowest BCUT2D eigenvalue weighted by molar-refractivity contribution is 0.596. The molecule has 0 N–H and O–H groups in total. The molecule has 0 spiro atoms. The van der Waals surface area contributed by atoms with Crippen molar-refractivity contribution in [1.29, 1.82) is 5.26 Å². The SMILES string of the molecule is N#CCCS(=O)(=O)c1ccccc1. The summed E-state index contributed by atoms with van der Waals surface area (Å²) < 4.78 is 22.9. The Kier molecular flexibility index (Phi) is 3.04. The molecule has 0 aliphatic carbocycles. The van der Waals surface area contributed by atoms with E-state index >= 15 is 0 Å². The number of nitrogens with zero attached hydrogens (tertiary/aromatic N) is 1. The molecule has 1 aromatic carbocycles. The normalized spacial score (nSPS) is 10.7. The van der Waals surface area contributed by atoms with Crippen LogP contribution in [-0.4, -0.2) is 14.2 Å². The zero-order valence-electron chi connectivity index (χ0n) is 6.97. The van der Waals surface area contributed by atoms with Crippen LogP contribution in [0.1, 0.15) is 6.42 Å². The fourth-order valence-electron chi connectivity index (χ4n) is 0.926. The Balaban J connectivity index is 2.90. The fraction of sp³-hybridized carbons (Fsp3) is 0.222. The van der Waals surface area contributed by atoms with Crippen LogP contribution >= 0.6 is 0 Å². The first kappa shape index (κ1) is 9.75. The molecule has 1 aromatic rings. The second-order valence-corrected chi connectivity index (χ2v) is 4.65. The third-order valence-corrected chi connectivity index (χ3v) is 3.32. The maximum Gasteiger partial charge on any atom is 0.179 e. The van der Waals surface area contributed by atoms with E-state index in [1.165, 1.54) is 12.1 Å². The molecule has 68 valence electrons. The maximum atomic E-state index is 11.4. The largest absolute Gasteiger partial charge is 0.224 e.